The summed E-state index contributed by atoms with van der Waals surface area (Å²) in [4.78, 5) is 66.6. The number of rotatable bonds is 16. The number of aliphatic hydroxyl groups is 2. The highest BCUT2D eigenvalue weighted by Crippen LogP contribution is 2.10. The lowest BCUT2D eigenvalue weighted by Crippen LogP contribution is -2.20. The Bertz CT molecular complexity index is 925. The van der Waals surface area contributed by atoms with E-state index in [2.05, 4.69) is 9.98 Å². The second-order valence-electron chi connectivity index (χ2n) is 9.03. The maximum Gasteiger partial charge on any atom is 0.335 e. The van der Waals surface area contributed by atoms with Gasteiger partial charge in [-0.1, -0.05) is 32.8 Å². The number of carboxylic acid groups (broad SMARTS) is 4. The highest BCUT2D eigenvalue weighted by atomic mass is 16.4. The zero-order valence-electron chi connectivity index (χ0n) is 23.3. The van der Waals surface area contributed by atoms with Gasteiger partial charge in [-0.15, -0.1) is 0 Å². The average Bonchev–Trinajstić information content (AvgIpc) is 2.93. The van der Waals surface area contributed by atoms with E-state index in [4.69, 9.17) is 30.6 Å². The van der Waals surface area contributed by atoms with Gasteiger partial charge in [0.2, 0.25) is 12.2 Å². The van der Waals surface area contributed by atoms with Gasteiger partial charge in [0.15, 0.2) is 0 Å². The molecule has 0 heterocycles. The molecule has 1 rings (SSSR count). The van der Waals surface area contributed by atoms with E-state index in [1.54, 1.807) is 13.8 Å². The van der Waals surface area contributed by atoms with E-state index in [0.29, 0.717) is 25.9 Å². The molecule has 230 valence electrons. The number of nitrogens with zero attached hydrogens (tertiary/aromatic N) is 2. The quantitative estimate of drug-likeness (QED) is 0.0932. The Kier molecular flexibility index (Phi) is 27.5. The van der Waals surface area contributed by atoms with Gasteiger partial charge >= 0.3 is 23.9 Å². The molecule has 0 spiro atoms. The van der Waals surface area contributed by atoms with Crippen LogP contribution >= 0.6 is 0 Å². The third kappa shape index (κ3) is 31.9. The molecule has 0 fully saturated rings. The number of hydrogen-bond acceptors (Lipinski definition) is 10. The van der Waals surface area contributed by atoms with Crippen LogP contribution in [0.5, 0.6) is 0 Å². The fourth-order valence-corrected chi connectivity index (χ4v) is 2.21. The van der Waals surface area contributed by atoms with Gasteiger partial charge in [-0.3, -0.25) is 9.59 Å². The molecule has 0 bridgehead atoms. The summed E-state index contributed by atoms with van der Waals surface area (Å²) < 4.78 is 0. The number of unbranched alkanes of at least 4 members (excludes halogenated alkanes) is 4. The zero-order chi connectivity index (χ0) is 32.1. The Hall–Kier alpha value is -4.22. The maximum absolute atomic E-state index is 10.4. The molecule has 1 aromatic carbocycles. The monoisotopic (exact) mass is 584 g/mol. The zero-order valence-corrected chi connectivity index (χ0v) is 23.3. The van der Waals surface area contributed by atoms with Gasteiger partial charge in [-0.05, 0) is 43.9 Å². The molecule has 0 aromatic heterocycles. The van der Waals surface area contributed by atoms with Crippen LogP contribution in [-0.4, -0.2) is 93.0 Å². The predicted octanol–water partition coefficient (Wildman–Crippen LogP) is 3.01. The van der Waals surface area contributed by atoms with E-state index in [1.165, 1.54) is 30.4 Å². The van der Waals surface area contributed by atoms with Crippen LogP contribution in [-0.2, 0) is 19.2 Å². The van der Waals surface area contributed by atoms with Gasteiger partial charge in [-0.2, -0.15) is 0 Å². The van der Waals surface area contributed by atoms with Crippen LogP contribution in [0.25, 0.3) is 0 Å². The molecule has 14 heteroatoms. The first kappa shape index (κ1) is 41.3. The fourth-order valence-electron chi connectivity index (χ4n) is 2.21. The molecular formula is C27H40N2O12. The first-order valence-electron chi connectivity index (χ1n) is 12.6. The topological polar surface area (TPSA) is 249 Å². The van der Waals surface area contributed by atoms with Crippen LogP contribution in [0.2, 0.25) is 0 Å². The maximum atomic E-state index is 10.4. The molecule has 0 aliphatic heterocycles. The summed E-state index contributed by atoms with van der Waals surface area (Å²) in [6.07, 6.45) is 7.82. The van der Waals surface area contributed by atoms with Crippen molar-refractivity contribution in [2.75, 3.05) is 26.3 Å². The SMILES string of the molecule is CC(C)(CO)CO.O=C(O)CCCCC(=O)O.O=C(O)c1cccc(C(=O)O)c1.O=C=NCCCCCCN=C=O. The number of aromatic carboxylic acids is 2. The van der Waals surface area contributed by atoms with Crippen LogP contribution in [0.3, 0.4) is 0 Å². The summed E-state index contributed by atoms with van der Waals surface area (Å²) >= 11 is 0. The van der Waals surface area contributed by atoms with Gasteiger partial charge in [-0.25, -0.2) is 29.2 Å². The number of aliphatic imine (C=N–C) groups is 2. The Morgan fingerprint density at radius 3 is 1.29 bits per heavy atom. The Morgan fingerprint density at radius 1 is 0.683 bits per heavy atom. The number of aliphatic hydroxyl groups excluding tert-OH is 2. The van der Waals surface area contributed by atoms with Gasteiger partial charge in [0.25, 0.3) is 0 Å². The number of carbonyl (C=O) groups excluding carboxylic acids is 2. The lowest BCUT2D eigenvalue weighted by molar-refractivity contribution is -0.139. The molecule has 1 aromatic rings. The molecule has 14 nitrogen and oxygen atoms in total. The van der Waals surface area contributed by atoms with Crippen molar-refractivity contribution in [2.24, 2.45) is 15.4 Å². The lowest BCUT2D eigenvalue weighted by atomic mass is 9.97. The van der Waals surface area contributed by atoms with Crippen LogP contribution in [0.1, 0.15) is 85.9 Å². The van der Waals surface area contributed by atoms with E-state index in [0.717, 1.165) is 31.7 Å². The minimum atomic E-state index is -1.13. The minimum absolute atomic E-state index is 0.0186. The second kappa shape index (κ2) is 27.4. The summed E-state index contributed by atoms with van der Waals surface area (Å²) in [5, 5.41) is 50.1. The predicted molar refractivity (Wildman–Crippen MR) is 146 cm³/mol. The van der Waals surface area contributed by atoms with Gasteiger partial charge in [0.1, 0.15) is 0 Å². The van der Waals surface area contributed by atoms with E-state index < -0.39 is 23.9 Å². The van der Waals surface area contributed by atoms with E-state index >= 15 is 0 Å². The number of hydrogen-bond donors (Lipinski definition) is 6. The van der Waals surface area contributed by atoms with Crippen molar-refractivity contribution in [2.45, 2.75) is 65.2 Å². The first-order valence-corrected chi connectivity index (χ1v) is 12.6. The third-order valence-electron chi connectivity index (χ3n) is 4.66. The Morgan fingerprint density at radius 2 is 1.05 bits per heavy atom. The van der Waals surface area contributed by atoms with Crippen molar-refractivity contribution in [3.63, 3.8) is 0 Å². The summed E-state index contributed by atoms with van der Waals surface area (Å²) in [5.41, 5.74) is -0.343. The minimum Gasteiger partial charge on any atom is -0.481 e. The Balaban J connectivity index is -0.000000479. The molecule has 0 unspecified atom stereocenters. The van der Waals surface area contributed by atoms with Crippen molar-refractivity contribution < 1.29 is 59.4 Å². The summed E-state index contributed by atoms with van der Waals surface area (Å²) in [7, 11) is 0. The fraction of sp³-hybridized carbons (Fsp3) is 0.556. The molecule has 0 aliphatic rings. The number of isocyanates is 2. The molecule has 0 saturated carbocycles. The summed E-state index contributed by atoms with van der Waals surface area (Å²) in [6.45, 7) is 4.80. The molecular weight excluding hydrogens is 544 g/mol. The summed E-state index contributed by atoms with van der Waals surface area (Å²) in [6, 6.07) is 5.20. The van der Waals surface area contributed by atoms with Gasteiger partial charge < -0.3 is 30.6 Å². The van der Waals surface area contributed by atoms with Crippen LogP contribution in [0.4, 0.5) is 0 Å². The molecule has 6 N–H and O–H groups in total. The molecule has 41 heavy (non-hydrogen) atoms. The van der Waals surface area contributed by atoms with E-state index in [-0.39, 0.29) is 42.6 Å². The molecule has 0 saturated heterocycles. The standard InChI is InChI=1S/C8H12N2O2.C8H6O4.C6H10O4.C5H12O2/c11-7-9-5-3-1-2-4-6-10-8-12;9-7(10)5-2-1-3-6(4-5)8(11)12;7-5(8)3-1-2-4-6(9)10;1-5(2,3-6)4-7/h1-6H2;1-4H,(H,9,10)(H,11,12);1-4H2,(H,7,8)(H,9,10);6-7H,3-4H2,1-2H3. The molecule has 0 amide bonds. The largest absolute Gasteiger partial charge is 0.481 e. The van der Waals surface area contributed by atoms with Gasteiger partial charge in [0.05, 0.1) is 37.4 Å². The molecule has 0 aliphatic carbocycles. The Labute approximate surface area is 238 Å². The van der Waals surface area contributed by atoms with Crippen molar-refractivity contribution in [1.82, 2.24) is 0 Å². The second-order valence-corrected chi connectivity index (χ2v) is 9.03. The van der Waals surface area contributed by atoms with Crippen LogP contribution in [0.15, 0.2) is 34.3 Å². The normalized spacial score (nSPS) is 9.46. The number of benzene rings is 1. The third-order valence-corrected chi connectivity index (χ3v) is 4.66. The van der Waals surface area contributed by atoms with Crippen LogP contribution in [0, 0.1) is 5.41 Å². The average molecular weight is 585 g/mol. The molecule has 0 atom stereocenters. The van der Waals surface area contributed by atoms with Crippen molar-refractivity contribution in [3.8, 4) is 0 Å². The number of aliphatic carboxylic acids is 2. The van der Waals surface area contributed by atoms with Gasteiger partial charge in [0, 0.05) is 18.3 Å². The number of carbonyl (C=O) groups is 4. The lowest BCUT2D eigenvalue weighted by Gasteiger charge is -2.16. The number of carboxylic acids is 4. The van der Waals surface area contributed by atoms with Crippen molar-refractivity contribution >= 4 is 36.0 Å². The smallest absolute Gasteiger partial charge is 0.335 e. The highest BCUT2D eigenvalue weighted by molar-refractivity contribution is 5.93. The van der Waals surface area contributed by atoms with Crippen LogP contribution < -0.4 is 0 Å². The van der Waals surface area contributed by atoms with Crippen molar-refractivity contribution in [3.05, 3.63) is 35.4 Å². The highest BCUT2D eigenvalue weighted by Gasteiger charge is 2.13. The first-order chi connectivity index (χ1) is 19.3. The summed E-state index contributed by atoms with van der Waals surface area (Å²) in [5.74, 6) is -3.99. The van der Waals surface area contributed by atoms with E-state index in [1.807, 2.05) is 0 Å². The van der Waals surface area contributed by atoms with Crippen molar-refractivity contribution in [1.29, 1.82) is 0 Å². The van der Waals surface area contributed by atoms with E-state index in [9.17, 15) is 28.8 Å². The molecule has 0 radical (unpaired) electrons.